The van der Waals surface area contributed by atoms with Gasteiger partial charge in [0.1, 0.15) is 0 Å². The summed E-state index contributed by atoms with van der Waals surface area (Å²) >= 11 is 0. The molecule has 0 aliphatic heterocycles. The van der Waals surface area contributed by atoms with Crippen LogP contribution in [0.1, 0.15) is 135 Å². The van der Waals surface area contributed by atoms with Gasteiger partial charge in [0.2, 0.25) is 0 Å². The zero-order chi connectivity index (χ0) is 19.4. The summed E-state index contributed by atoms with van der Waals surface area (Å²) in [5, 5.41) is 0. The number of rotatable bonds is 19. The van der Waals surface area contributed by atoms with E-state index in [-0.39, 0.29) is 0 Å². The fourth-order valence-electron chi connectivity index (χ4n) is 4.13. The van der Waals surface area contributed by atoms with Gasteiger partial charge in [0, 0.05) is 25.0 Å². The van der Waals surface area contributed by atoms with E-state index in [9.17, 15) is 0 Å². The molecule has 1 rings (SSSR count). The van der Waals surface area contributed by atoms with Gasteiger partial charge in [-0.3, -0.25) is 0 Å². The molecule has 1 heterocycles. The maximum Gasteiger partial charge on any atom is 0.169 e. The number of pyridine rings is 1. The molecule has 1 aromatic rings. The van der Waals surface area contributed by atoms with Crippen LogP contribution < -0.4 is 4.57 Å². The quantitative estimate of drug-likeness (QED) is 0.169. The van der Waals surface area contributed by atoms with Crippen LogP contribution in [0.15, 0.2) is 30.6 Å². The topological polar surface area (TPSA) is 3.88 Å². The van der Waals surface area contributed by atoms with Crippen LogP contribution >= 0.6 is 0 Å². The van der Waals surface area contributed by atoms with Gasteiger partial charge in [-0.2, -0.15) is 0 Å². The highest BCUT2D eigenvalue weighted by Crippen LogP contribution is 2.19. The number of aromatic nitrogens is 1. The van der Waals surface area contributed by atoms with Crippen molar-refractivity contribution in [2.24, 2.45) is 0 Å². The van der Waals surface area contributed by atoms with Crippen molar-refractivity contribution < 1.29 is 4.57 Å². The largest absolute Gasteiger partial charge is 0.202 e. The minimum absolute atomic E-state index is 0.714. The molecule has 27 heavy (non-hydrogen) atoms. The van der Waals surface area contributed by atoms with Crippen molar-refractivity contribution in [1.29, 1.82) is 0 Å². The lowest BCUT2D eigenvalue weighted by molar-refractivity contribution is -0.724. The van der Waals surface area contributed by atoms with Crippen LogP contribution in [0.3, 0.4) is 0 Å². The Hall–Kier alpha value is -0.850. The van der Waals surface area contributed by atoms with Gasteiger partial charge in [-0.25, -0.2) is 4.57 Å². The van der Waals surface area contributed by atoms with Crippen molar-refractivity contribution in [2.75, 3.05) is 0 Å². The fraction of sp³-hybridized carbons (Fsp3) is 0.808. The minimum Gasteiger partial charge on any atom is -0.202 e. The lowest BCUT2D eigenvalue weighted by Gasteiger charge is -2.12. The predicted molar refractivity (Wildman–Crippen MR) is 120 cm³/mol. The number of unbranched alkanes of at least 4 members (excludes halogenated alkanes) is 14. The van der Waals surface area contributed by atoms with Crippen LogP contribution in [0, 0.1) is 0 Å². The number of nitrogens with zero attached hydrogens (tertiary/aromatic N) is 1. The molecule has 0 aliphatic rings. The van der Waals surface area contributed by atoms with Gasteiger partial charge in [-0.05, 0) is 12.8 Å². The summed E-state index contributed by atoms with van der Waals surface area (Å²) < 4.78 is 2.47. The SMILES string of the molecule is CCCCCCCCCCCCC(CCCCCCCC)[n+]1ccccc1. The molecule has 0 amide bonds. The molecule has 0 fully saturated rings. The third kappa shape index (κ3) is 13.9. The van der Waals surface area contributed by atoms with Crippen molar-refractivity contribution >= 4 is 0 Å². The van der Waals surface area contributed by atoms with Crippen LogP contribution in [0.5, 0.6) is 0 Å². The van der Waals surface area contributed by atoms with Gasteiger partial charge in [0.25, 0.3) is 0 Å². The maximum absolute atomic E-state index is 2.47. The molecule has 1 nitrogen and oxygen atoms in total. The highest BCUT2D eigenvalue weighted by atomic mass is 15.0. The maximum atomic E-state index is 2.47. The van der Waals surface area contributed by atoms with E-state index in [0.29, 0.717) is 6.04 Å². The van der Waals surface area contributed by atoms with E-state index in [1.807, 2.05) is 0 Å². The Morgan fingerprint density at radius 1 is 0.481 bits per heavy atom. The molecule has 0 N–H and O–H groups in total. The van der Waals surface area contributed by atoms with E-state index >= 15 is 0 Å². The van der Waals surface area contributed by atoms with E-state index in [1.165, 1.54) is 116 Å². The first-order valence-corrected chi connectivity index (χ1v) is 12.3. The van der Waals surface area contributed by atoms with Gasteiger partial charge in [-0.15, -0.1) is 0 Å². The summed E-state index contributed by atoms with van der Waals surface area (Å²) in [5.41, 5.74) is 0. The molecular weight excluding hydrogens is 326 g/mol. The Morgan fingerprint density at radius 2 is 0.852 bits per heavy atom. The van der Waals surface area contributed by atoms with Crippen LogP contribution in [0.2, 0.25) is 0 Å². The van der Waals surface area contributed by atoms with E-state index in [1.54, 1.807) is 0 Å². The van der Waals surface area contributed by atoms with Gasteiger partial charge < -0.3 is 0 Å². The summed E-state index contributed by atoms with van der Waals surface area (Å²) in [4.78, 5) is 0. The number of hydrogen-bond donors (Lipinski definition) is 0. The molecule has 156 valence electrons. The fourth-order valence-corrected chi connectivity index (χ4v) is 4.13. The molecule has 0 radical (unpaired) electrons. The molecule has 0 saturated carbocycles. The molecule has 0 bridgehead atoms. The third-order valence-electron chi connectivity index (χ3n) is 5.94. The summed E-state index contributed by atoms with van der Waals surface area (Å²) in [6.45, 7) is 4.60. The van der Waals surface area contributed by atoms with Crippen molar-refractivity contribution in [1.82, 2.24) is 0 Å². The molecule has 1 unspecified atom stereocenters. The monoisotopic (exact) mass is 374 g/mol. The molecule has 0 aromatic carbocycles. The first-order valence-electron chi connectivity index (χ1n) is 12.3. The molecule has 1 heteroatoms. The third-order valence-corrected chi connectivity index (χ3v) is 5.94. The standard InChI is InChI=1S/C26H48N/c1-3-5-7-9-11-12-13-14-16-19-23-26(27-24-20-17-21-25-27)22-18-15-10-8-6-4-2/h17,20-21,24-26H,3-16,18-19,22-23H2,1-2H3/q+1. The average Bonchev–Trinajstić information content (AvgIpc) is 2.71. The lowest BCUT2D eigenvalue weighted by atomic mass is 9.99. The summed E-state index contributed by atoms with van der Waals surface area (Å²) in [6.07, 6.45) is 30.0. The number of hydrogen-bond acceptors (Lipinski definition) is 0. The molecule has 0 saturated heterocycles. The molecule has 0 spiro atoms. The van der Waals surface area contributed by atoms with E-state index in [4.69, 9.17) is 0 Å². The van der Waals surface area contributed by atoms with Crippen molar-refractivity contribution in [3.8, 4) is 0 Å². The Labute approximate surface area is 171 Å². The van der Waals surface area contributed by atoms with Crippen molar-refractivity contribution in [2.45, 2.75) is 135 Å². The van der Waals surface area contributed by atoms with Crippen LogP contribution in [-0.2, 0) is 0 Å². The Kier molecular flexibility index (Phi) is 16.6. The van der Waals surface area contributed by atoms with Gasteiger partial charge >= 0.3 is 0 Å². The van der Waals surface area contributed by atoms with E-state index in [2.05, 4.69) is 49.0 Å². The Bertz CT molecular complexity index is 400. The second-order valence-corrected chi connectivity index (χ2v) is 8.50. The summed E-state index contributed by atoms with van der Waals surface area (Å²) in [5.74, 6) is 0. The smallest absolute Gasteiger partial charge is 0.169 e. The van der Waals surface area contributed by atoms with Crippen molar-refractivity contribution in [3.05, 3.63) is 30.6 Å². The molecule has 1 atom stereocenters. The zero-order valence-corrected chi connectivity index (χ0v) is 18.6. The highest BCUT2D eigenvalue weighted by Gasteiger charge is 2.16. The van der Waals surface area contributed by atoms with Crippen LogP contribution in [-0.4, -0.2) is 0 Å². The van der Waals surface area contributed by atoms with Gasteiger partial charge in [0.15, 0.2) is 18.4 Å². The first-order chi connectivity index (χ1) is 13.4. The summed E-state index contributed by atoms with van der Waals surface area (Å²) in [7, 11) is 0. The van der Waals surface area contributed by atoms with E-state index < -0.39 is 0 Å². The molecular formula is C26H48N+. The summed E-state index contributed by atoms with van der Waals surface area (Å²) in [6, 6.07) is 7.23. The second kappa shape index (κ2) is 18.5. The molecule has 0 aliphatic carbocycles. The Morgan fingerprint density at radius 3 is 1.26 bits per heavy atom. The van der Waals surface area contributed by atoms with E-state index in [0.717, 1.165) is 0 Å². The van der Waals surface area contributed by atoms with Crippen LogP contribution in [0.4, 0.5) is 0 Å². The minimum atomic E-state index is 0.714. The first kappa shape index (κ1) is 24.2. The average molecular weight is 375 g/mol. The zero-order valence-electron chi connectivity index (χ0n) is 18.6. The highest BCUT2D eigenvalue weighted by molar-refractivity contribution is 4.84. The van der Waals surface area contributed by atoms with Gasteiger partial charge in [-0.1, -0.05) is 110 Å². The van der Waals surface area contributed by atoms with Crippen LogP contribution in [0.25, 0.3) is 0 Å². The molecule has 1 aromatic heterocycles. The normalized spacial score (nSPS) is 12.4. The Balaban J connectivity index is 2.14. The lowest BCUT2D eigenvalue weighted by Crippen LogP contribution is -2.38. The second-order valence-electron chi connectivity index (χ2n) is 8.50. The predicted octanol–water partition coefficient (Wildman–Crippen LogP) is 8.58. The van der Waals surface area contributed by atoms with Gasteiger partial charge in [0.05, 0.1) is 0 Å². The van der Waals surface area contributed by atoms with Crippen molar-refractivity contribution in [3.63, 3.8) is 0 Å².